The second-order valence-electron chi connectivity index (χ2n) is 5.98. The molecule has 2 rings (SSSR count). The third kappa shape index (κ3) is 5.61. The van der Waals surface area contributed by atoms with Gasteiger partial charge in [0.25, 0.3) is 5.91 Å². The third-order valence-electron chi connectivity index (χ3n) is 3.89. The first-order chi connectivity index (χ1) is 12.5. The number of aromatic nitrogens is 1. The maximum absolute atomic E-state index is 12.1. The predicted octanol–water partition coefficient (Wildman–Crippen LogP) is 2.30. The Hall–Kier alpha value is -2.83. The Balaban J connectivity index is 1.88. The highest BCUT2D eigenvalue weighted by atomic mass is 16.4. The van der Waals surface area contributed by atoms with Gasteiger partial charge in [0.2, 0.25) is 5.89 Å². The molecular weight excluding hydrogens is 330 g/mol. The zero-order chi connectivity index (χ0) is 18.9. The fourth-order valence-electron chi connectivity index (χ4n) is 2.34. The standard InChI is InChI=1S/C19H27N5O2/c1-5-9-21-18(25)16-8-6-7-15(10-16)11-22-19(20-4)23-12-17-24-13(2)14(3)26-17/h6-8,10H,5,9,11-12H2,1-4H3,(H,21,25)(H2,20,22,23). The lowest BCUT2D eigenvalue weighted by atomic mass is 10.1. The average Bonchev–Trinajstić information content (AvgIpc) is 2.97. The second-order valence-corrected chi connectivity index (χ2v) is 5.98. The van der Waals surface area contributed by atoms with Crippen LogP contribution in [0, 0.1) is 13.8 Å². The van der Waals surface area contributed by atoms with Crippen LogP contribution < -0.4 is 16.0 Å². The third-order valence-corrected chi connectivity index (χ3v) is 3.89. The van der Waals surface area contributed by atoms with Crippen molar-refractivity contribution in [3.8, 4) is 0 Å². The van der Waals surface area contributed by atoms with E-state index in [9.17, 15) is 4.79 Å². The summed E-state index contributed by atoms with van der Waals surface area (Å²) < 4.78 is 5.55. The van der Waals surface area contributed by atoms with Crippen molar-refractivity contribution in [1.29, 1.82) is 0 Å². The summed E-state index contributed by atoms with van der Waals surface area (Å²) in [6.45, 7) is 7.52. The zero-order valence-corrected chi connectivity index (χ0v) is 15.8. The van der Waals surface area contributed by atoms with E-state index in [-0.39, 0.29) is 5.91 Å². The summed E-state index contributed by atoms with van der Waals surface area (Å²) in [7, 11) is 1.70. The highest BCUT2D eigenvalue weighted by Gasteiger charge is 2.08. The lowest BCUT2D eigenvalue weighted by Crippen LogP contribution is -2.36. The van der Waals surface area contributed by atoms with Crippen molar-refractivity contribution in [1.82, 2.24) is 20.9 Å². The molecule has 0 saturated heterocycles. The fourth-order valence-corrected chi connectivity index (χ4v) is 2.34. The summed E-state index contributed by atoms with van der Waals surface area (Å²) in [4.78, 5) is 20.6. The lowest BCUT2D eigenvalue weighted by molar-refractivity contribution is 0.0953. The Kier molecular flexibility index (Phi) is 7.20. The van der Waals surface area contributed by atoms with Gasteiger partial charge in [0.05, 0.1) is 12.2 Å². The molecule has 0 spiro atoms. The summed E-state index contributed by atoms with van der Waals surface area (Å²) in [5, 5.41) is 9.27. The number of rotatable bonds is 7. The molecule has 1 aromatic carbocycles. The van der Waals surface area contributed by atoms with E-state index in [1.165, 1.54) is 0 Å². The van der Waals surface area contributed by atoms with Crippen molar-refractivity contribution >= 4 is 11.9 Å². The molecule has 0 aliphatic carbocycles. The molecule has 0 unspecified atom stereocenters. The molecule has 140 valence electrons. The van der Waals surface area contributed by atoms with Gasteiger partial charge in [0.1, 0.15) is 5.76 Å². The number of guanidine groups is 1. The van der Waals surface area contributed by atoms with Crippen LogP contribution in [0.2, 0.25) is 0 Å². The molecule has 0 aliphatic rings. The van der Waals surface area contributed by atoms with Crippen LogP contribution in [0.1, 0.15) is 46.6 Å². The minimum atomic E-state index is -0.0501. The Morgan fingerprint density at radius 2 is 1.96 bits per heavy atom. The summed E-state index contributed by atoms with van der Waals surface area (Å²) in [6.07, 6.45) is 0.915. The topological polar surface area (TPSA) is 91.5 Å². The smallest absolute Gasteiger partial charge is 0.251 e. The van der Waals surface area contributed by atoms with Gasteiger partial charge in [0.15, 0.2) is 5.96 Å². The molecule has 2 aromatic rings. The number of carbonyl (C=O) groups excluding carboxylic acids is 1. The largest absolute Gasteiger partial charge is 0.444 e. The Bertz CT molecular complexity index is 748. The lowest BCUT2D eigenvalue weighted by Gasteiger charge is -2.11. The zero-order valence-electron chi connectivity index (χ0n) is 15.8. The van der Waals surface area contributed by atoms with E-state index < -0.39 is 0 Å². The van der Waals surface area contributed by atoms with Crippen LogP contribution in [-0.2, 0) is 13.1 Å². The molecule has 0 aliphatic heterocycles. The minimum Gasteiger partial charge on any atom is -0.444 e. The van der Waals surface area contributed by atoms with E-state index in [2.05, 4.69) is 25.9 Å². The van der Waals surface area contributed by atoms with Gasteiger partial charge in [0, 0.05) is 25.7 Å². The Labute approximate surface area is 154 Å². The molecule has 0 fully saturated rings. The number of aliphatic imine (C=N–C) groups is 1. The van der Waals surface area contributed by atoms with E-state index in [0.29, 0.717) is 37.0 Å². The first-order valence-corrected chi connectivity index (χ1v) is 8.78. The monoisotopic (exact) mass is 357 g/mol. The molecule has 1 aromatic heterocycles. The van der Waals surface area contributed by atoms with Gasteiger partial charge in [-0.1, -0.05) is 19.1 Å². The molecule has 26 heavy (non-hydrogen) atoms. The normalized spacial score (nSPS) is 11.3. The van der Waals surface area contributed by atoms with Crippen LogP contribution in [0.4, 0.5) is 0 Å². The van der Waals surface area contributed by atoms with Crippen LogP contribution in [0.15, 0.2) is 33.7 Å². The van der Waals surface area contributed by atoms with E-state index in [1.807, 2.05) is 45.0 Å². The summed E-state index contributed by atoms with van der Waals surface area (Å²) in [5.74, 6) is 2.03. The summed E-state index contributed by atoms with van der Waals surface area (Å²) in [5.41, 5.74) is 2.55. The van der Waals surface area contributed by atoms with Crippen LogP contribution in [0.3, 0.4) is 0 Å². The maximum atomic E-state index is 12.1. The van der Waals surface area contributed by atoms with Gasteiger partial charge in [-0.3, -0.25) is 9.79 Å². The predicted molar refractivity (Wildman–Crippen MR) is 102 cm³/mol. The molecule has 0 saturated carbocycles. The number of hydrogen-bond acceptors (Lipinski definition) is 4. The van der Waals surface area contributed by atoms with Crippen molar-refractivity contribution < 1.29 is 9.21 Å². The number of hydrogen-bond donors (Lipinski definition) is 3. The number of nitrogens with one attached hydrogen (secondary N) is 3. The molecule has 7 nitrogen and oxygen atoms in total. The summed E-state index contributed by atoms with van der Waals surface area (Å²) in [6, 6.07) is 7.55. The van der Waals surface area contributed by atoms with Gasteiger partial charge in [-0.2, -0.15) is 0 Å². The van der Waals surface area contributed by atoms with Gasteiger partial charge < -0.3 is 20.4 Å². The number of amides is 1. The maximum Gasteiger partial charge on any atom is 0.251 e. The fraction of sp³-hybridized carbons (Fsp3) is 0.421. The quantitative estimate of drug-likeness (QED) is 0.522. The van der Waals surface area contributed by atoms with Crippen molar-refractivity contribution in [3.05, 3.63) is 52.7 Å². The van der Waals surface area contributed by atoms with E-state index in [1.54, 1.807) is 7.05 Å². The van der Waals surface area contributed by atoms with Crippen LogP contribution >= 0.6 is 0 Å². The Morgan fingerprint density at radius 1 is 1.19 bits per heavy atom. The van der Waals surface area contributed by atoms with E-state index in [0.717, 1.165) is 23.4 Å². The SMILES string of the molecule is CCCNC(=O)c1cccc(CNC(=NC)NCc2nc(C)c(C)o2)c1. The molecule has 1 heterocycles. The highest BCUT2D eigenvalue weighted by Crippen LogP contribution is 2.08. The van der Waals surface area contributed by atoms with E-state index in [4.69, 9.17) is 4.42 Å². The van der Waals surface area contributed by atoms with Gasteiger partial charge in [-0.25, -0.2) is 4.98 Å². The Morgan fingerprint density at radius 3 is 2.62 bits per heavy atom. The van der Waals surface area contributed by atoms with E-state index >= 15 is 0 Å². The first kappa shape index (κ1) is 19.5. The molecule has 3 N–H and O–H groups in total. The minimum absolute atomic E-state index is 0.0501. The number of aryl methyl sites for hydroxylation is 2. The molecule has 1 amide bonds. The second kappa shape index (κ2) is 9.60. The molecule has 0 bridgehead atoms. The van der Waals surface area contributed by atoms with Gasteiger partial charge in [-0.15, -0.1) is 0 Å². The average molecular weight is 357 g/mol. The molecule has 7 heteroatoms. The van der Waals surface area contributed by atoms with Crippen LogP contribution in [0.25, 0.3) is 0 Å². The molecular formula is C19H27N5O2. The molecule has 0 radical (unpaired) electrons. The number of nitrogens with zero attached hydrogens (tertiary/aromatic N) is 2. The highest BCUT2D eigenvalue weighted by molar-refractivity contribution is 5.94. The van der Waals surface area contributed by atoms with Crippen molar-refractivity contribution in [2.75, 3.05) is 13.6 Å². The van der Waals surface area contributed by atoms with Crippen LogP contribution in [-0.4, -0.2) is 30.4 Å². The van der Waals surface area contributed by atoms with Crippen molar-refractivity contribution in [3.63, 3.8) is 0 Å². The van der Waals surface area contributed by atoms with Crippen molar-refractivity contribution in [2.24, 2.45) is 4.99 Å². The number of oxazole rings is 1. The van der Waals surface area contributed by atoms with Gasteiger partial charge in [-0.05, 0) is 38.0 Å². The van der Waals surface area contributed by atoms with Crippen LogP contribution in [0.5, 0.6) is 0 Å². The number of benzene rings is 1. The molecule has 0 atom stereocenters. The summed E-state index contributed by atoms with van der Waals surface area (Å²) >= 11 is 0. The number of carbonyl (C=O) groups is 1. The first-order valence-electron chi connectivity index (χ1n) is 8.78. The van der Waals surface area contributed by atoms with Crippen molar-refractivity contribution in [2.45, 2.75) is 40.3 Å². The van der Waals surface area contributed by atoms with Gasteiger partial charge >= 0.3 is 0 Å².